The van der Waals surface area contributed by atoms with Crippen LogP contribution in [0.25, 0.3) is 0 Å². The first-order valence-electron chi connectivity index (χ1n) is 7.48. The molecule has 0 radical (unpaired) electrons. The van der Waals surface area contributed by atoms with Crippen LogP contribution in [0.5, 0.6) is 5.75 Å². The average Bonchev–Trinajstić information content (AvgIpc) is 2.48. The van der Waals surface area contributed by atoms with Crippen LogP contribution in [-0.2, 0) is 14.3 Å². The molecule has 1 atom stereocenters. The fourth-order valence-corrected chi connectivity index (χ4v) is 2.35. The quantitative estimate of drug-likeness (QED) is 0.844. The van der Waals surface area contributed by atoms with E-state index in [1.165, 1.54) is 7.11 Å². The van der Waals surface area contributed by atoms with E-state index in [1.54, 1.807) is 30.0 Å². The minimum Gasteiger partial charge on any atom is -0.479 e. The Balaban J connectivity index is 2.22. The van der Waals surface area contributed by atoms with Crippen molar-refractivity contribution in [1.82, 2.24) is 4.90 Å². The van der Waals surface area contributed by atoms with E-state index in [0.29, 0.717) is 18.0 Å². The van der Waals surface area contributed by atoms with Gasteiger partial charge in [0.2, 0.25) is 5.91 Å². The maximum absolute atomic E-state index is 12.3. The standard InChI is InChI=1S/C16H23N3O4/c1-11-16(21)19(8-7-18(2)3)13-6-5-12(9-14(13)23-11)17-15(20)10-22-4/h5-6,9,11H,7-8,10H2,1-4H3,(H,17,20). The lowest BCUT2D eigenvalue weighted by Gasteiger charge is -2.34. The number of nitrogens with one attached hydrogen (secondary N) is 1. The molecule has 2 rings (SSSR count). The summed E-state index contributed by atoms with van der Waals surface area (Å²) >= 11 is 0. The van der Waals surface area contributed by atoms with E-state index in [1.807, 2.05) is 19.0 Å². The molecular formula is C16H23N3O4. The number of anilines is 2. The molecule has 23 heavy (non-hydrogen) atoms. The zero-order valence-corrected chi connectivity index (χ0v) is 14.0. The molecule has 0 fully saturated rings. The van der Waals surface area contributed by atoms with E-state index in [0.717, 1.165) is 12.2 Å². The molecule has 1 N–H and O–H groups in total. The summed E-state index contributed by atoms with van der Waals surface area (Å²) in [5, 5.41) is 2.73. The lowest BCUT2D eigenvalue weighted by atomic mass is 10.1. The highest BCUT2D eigenvalue weighted by Gasteiger charge is 2.31. The number of methoxy groups -OCH3 is 1. The number of carbonyl (C=O) groups is 2. The summed E-state index contributed by atoms with van der Waals surface area (Å²) < 4.78 is 10.5. The molecule has 0 saturated carbocycles. The number of rotatable bonds is 6. The second-order valence-corrected chi connectivity index (χ2v) is 5.72. The fraction of sp³-hybridized carbons (Fsp3) is 0.500. The fourth-order valence-electron chi connectivity index (χ4n) is 2.35. The highest BCUT2D eigenvalue weighted by Crippen LogP contribution is 2.36. The van der Waals surface area contributed by atoms with Crippen LogP contribution in [0.4, 0.5) is 11.4 Å². The van der Waals surface area contributed by atoms with Crippen LogP contribution < -0.4 is 15.0 Å². The van der Waals surface area contributed by atoms with Crippen LogP contribution in [0, 0.1) is 0 Å². The SMILES string of the molecule is COCC(=O)Nc1ccc2c(c1)OC(C)C(=O)N2CCN(C)C. The van der Waals surface area contributed by atoms with E-state index in [-0.39, 0.29) is 18.4 Å². The number of benzene rings is 1. The Morgan fingerprint density at radius 2 is 2.17 bits per heavy atom. The van der Waals surface area contributed by atoms with E-state index >= 15 is 0 Å². The molecule has 1 aliphatic rings. The van der Waals surface area contributed by atoms with Gasteiger partial charge >= 0.3 is 0 Å². The molecule has 1 aromatic rings. The van der Waals surface area contributed by atoms with Gasteiger partial charge in [-0.1, -0.05) is 0 Å². The van der Waals surface area contributed by atoms with Crippen LogP contribution >= 0.6 is 0 Å². The zero-order chi connectivity index (χ0) is 17.0. The Morgan fingerprint density at radius 3 is 2.83 bits per heavy atom. The van der Waals surface area contributed by atoms with Gasteiger partial charge in [0.05, 0.1) is 5.69 Å². The van der Waals surface area contributed by atoms with Gasteiger partial charge in [0.15, 0.2) is 6.10 Å². The maximum Gasteiger partial charge on any atom is 0.267 e. The Labute approximate surface area is 136 Å². The van der Waals surface area contributed by atoms with Crippen molar-refractivity contribution in [3.63, 3.8) is 0 Å². The molecule has 0 saturated heterocycles. The number of hydrogen-bond acceptors (Lipinski definition) is 5. The second kappa shape index (κ2) is 7.43. The summed E-state index contributed by atoms with van der Waals surface area (Å²) in [4.78, 5) is 27.7. The summed E-state index contributed by atoms with van der Waals surface area (Å²) in [6, 6.07) is 5.27. The Hall–Kier alpha value is -2.12. The third kappa shape index (κ3) is 4.20. The molecule has 0 aliphatic carbocycles. The van der Waals surface area contributed by atoms with Gasteiger partial charge in [-0.05, 0) is 33.2 Å². The molecule has 2 amide bonds. The van der Waals surface area contributed by atoms with E-state index < -0.39 is 6.10 Å². The van der Waals surface area contributed by atoms with Crippen molar-refractivity contribution in [2.75, 3.05) is 51.1 Å². The molecule has 7 heteroatoms. The van der Waals surface area contributed by atoms with Gasteiger partial charge < -0.3 is 24.6 Å². The highest BCUT2D eigenvalue weighted by atomic mass is 16.5. The van der Waals surface area contributed by atoms with Crippen LogP contribution in [0.1, 0.15) is 6.92 Å². The average molecular weight is 321 g/mol. The van der Waals surface area contributed by atoms with Gasteiger partial charge in [0, 0.05) is 32.0 Å². The van der Waals surface area contributed by atoms with Crippen molar-refractivity contribution in [2.24, 2.45) is 0 Å². The molecule has 0 spiro atoms. The third-order valence-electron chi connectivity index (χ3n) is 3.50. The number of ether oxygens (including phenoxy) is 2. The predicted molar refractivity (Wildman–Crippen MR) is 87.9 cm³/mol. The molecule has 1 heterocycles. The lowest BCUT2D eigenvalue weighted by Crippen LogP contribution is -2.46. The van der Waals surface area contributed by atoms with E-state index in [4.69, 9.17) is 9.47 Å². The van der Waals surface area contributed by atoms with Crippen molar-refractivity contribution in [3.05, 3.63) is 18.2 Å². The molecule has 0 bridgehead atoms. The van der Waals surface area contributed by atoms with Crippen molar-refractivity contribution in [1.29, 1.82) is 0 Å². The molecule has 1 unspecified atom stereocenters. The molecular weight excluding hydrogens is 298 g/mol. The van der Waals surface area contributed by atoms with Gasteiger partial charge in [0.1, 0.15) is 12.4 Å². The number of fused-ring (bicyclic) bond motifs is 1. The first-order chi connectivity index (χ1) is 10.9. The van der Waals surface area contributed by atoms with Gasteiger partial charge in [-0.3, -0.25) is 9.59 Å². The number of amides is 2. The van der Waals surface area contributed by atoms with Crippen molar-refractivity contribution in [2.45, 2.75) is 13.0 Å². The van der Waals surface area contributed by atoms with E-state index in [9.17, 15) is 9.59 Å². The van der Waals surface area contributed by atoms with Crippen LogP contribution in [-0.4, -0.2) is 63.7 Å². The van der Waals surface area contributed by atoms with Gasteiger partial charge in [-0.25, -0.2) is 0 Å². The zero-order valence-electron chi connectivity index (χ0n) is 14.0. The highest BCUT2D eigenvalue weighted by molar-refractivity contribution is 6.00. The van der Waals surface area contributed by atoms with Gasteiger partial charge in [-0.2, -0.15) is 0 Å². The van der Waals surface area contributed by atoms with Crippen LogP contribution in [0.15, 0.2) is 18.2 Å². The molecule has 7 nitrogen and oxygen atoms in total. The maximum atomic E-state index is 12.3. The first-order valence-corrected chi connectivity index (χ1v) is 7.48. The predicted octanol–water partition coefficient (Wildman–Crippen LogP) is 0.947. The van der Waals surface area contributed by atoms with Crippen LogP contribution in [0.2, 0.25) is 0 Å². The summed E-state index contributed by atoms with van der Waals surface area (Å²) in [5.41, 5.74) is 1.33. The summed E-state index contributed by atoms with van der Waals surface area (Å²) in [6.07, 6.45) is -0.547. The Kier molecular flexibility index (Phi) is 5.57. The Bertz CT molecular complexity index is 589. The summed E-state index contributed by atoms with van der Waals surface area (Å²) in [6.45, 7) is 3.05. The molecule has 1 aliphatic heterocycles. The normalized spacial score (nSPS) is 17.0. The number of hydrogen-bond donors (Lipinski definition) is 1. The number of likely N-dealkylation sites (N-methyl/N-ethyl adjacent to an activating group) is 1. The largest absolute Gasteiger partial charge is 0.479 e. The van der Waals surface area contributed by atoms with Crippen molar-refractivity contribution < 1.29 is 19.1 Å². The minimum atomic E-state index is -0.547. The topological polar surface area (TPSA) is 71.1 Å². The molecule has 126 valence electrons. The second-order valence-electron chi connectivity index (χ2n) is 5.72. The van der Waals surface area contributed by atoms with Gasteiger partial charge in [0.25, 0.3) is 5.91 Å². The molecule has 0 aromatic heterocycles. The summed E-state index contributed by atoms with van der Waals surface area (Å²) in [7, 11) is 5.39. The van der Waals surface area contributed by atoms with Crippen molar-refractivity contribution >= 4 is 23.2 Å². The summed E-state index contributed by atoms with van der Waals surface area (Å²) in [5.74, 6) is 0.290. The minimum absolute atomic E-state index is 0.0121. The van der Waals surface area contributed by atoms with Gasteiger partial charge in [-0.15, -0.1) is 0 Å². The number of nitrogens with zero attached hydrogens (tertiary/aromatic N) is 2. The first kappa shape index (κ1) is 17.2. The van der Waals surface area contributed by atoms with Crippen LogP contribution in [0.3, 0.4) is 0 Å². The monoisotopic (exact) mass is 321 g/mol. The van der Waals surface area contributed by atoms with Crippen molar-refractivity contribution in [3.8, 4) is 5.75 Å². The molecule has 1 aromatic carbocycles. The van der Waals surface area contributed by atoms with E-state index in [2.05, 4.69) is 5.32 Å². The Morgan fingerprint density at radius 1 is 1.43 bits per heavy atom. The third-order valence-corrected chi connectivity index (χ3v) is 3.50. The number of carbonyl (C=O) groups excluding carboxylic acids is 2. The smallest absolute Gasteiger partial charge is 0.267 e. The lowest BCUT2D eigenvalue weighted by molar-refractivity contribution is -0.125.